The Hall–Kier alpha value is -0.940. The molecular weight excluding hydrogens is 301 g/mol. The van der Waals surface area contributed by atoms with E-state index in [2.05, 4.69) is 10.2 Å². The van der Waals surface area contributed by atoms with Crippen LogP contribution in [0.25, 0.3) is 0 Å². The Morgan fingerprint density at radius 3 is 2.52 bits per heavy atom. The third-order valence-corrected chi connectivity index (χ3v) is 4.85. The Kier molecular flexibility index (Phi) is 3.82. The van der Waals surface area contributed by atoms with E-state index >= 15 is 0 Å². The standard InChI is InChI=1S/C15H18ClF3N2/c16-12-9-11(15(17,18)19)3-4-13(12)21-8-7-20-14(10-21)5-1-2-6-14/h3-4,9,20H,1-2,5-8,10H2. The molecule has 2 aliphatic rings. The molecule has 3 rings (SSSR count). The van der Waals surface area contributed by atoms with Crippen LogP contribution in [0.1, 0.15) is 31.2 Å². The monoisotopic (exact) mass is 318 g/mol. The van der Waals surface area contributed by atoms with E-state index in [1.165, 1.54) is 18.9 Å². The summed E-state index contributed by atoms with van der Waals surface area (Å²) in [6.07, 6.45) is 0.324. The fourth-order valence-electron chi connectivity index (χ4n) is 3.49. The van der Waals surface area contributed by atoms with Crippen molar-refractivity contribution in [3.05, 3.63) is 28.8 Å². The lowest BCUT2D eigenvalue weighted by Gasteiger charge is -2.43. The van der Waals surface area contributed by atoms with Crippen LogP contribution < -0.4 is 10.2 Å². The predicted molar refractivity (Wildman–Crippen MR) is 77.9 cm³/mol. The molecule has 0 unspecified atom stereocenters. The maximum Gasteiger partial charge on any atom is 0.416 e. The van der Waals surface area contributed by atoms with Crippen molar-refractivity contribution in [3.8, 4) is 0 Å². The number of nitrogens with one attached hydrogen (secondary N) is 1. The van der Waals surface area contributed by atoms with E-state index in [1.807, 2.05) is 0 Å². The van der Waals surface area contributed by atoms with Crippen molar-refractivity contribution in [1.29, 1.82) is 0 Å². The second-order valence-electron chi connectivity index (χ2n) is 6.00. The van der Waals surface area contributed by atoms with E-state index in [0.717, 1.165) is 44.6 Å². The third kappa shape index (κ3) is 2.99. The number of hydrogen-bond donors (Lipinski definition) is 1. The van der Waals surface area contributed by atoms with Crippen LogP contribution in [0.3, 0.4) is 0 Å². The number of halogens is 4. The highest BCUT2D eigenvalue weighted by atomic mass is 35.5. The molecule has 0 atom stereocenters. The number of anilines is 1. The summed E-state index contributed by atoms with van der Waals surface area (Å²) in [5.74, 6) is 0. The molecule has 1 aromatic rings. The molecule has 1 aliphatic heterocycles. The van der Waals surface area contributed by atoms with Gasteiger partial charge >= 0.3 is 6.18 Å². The van der Waals surface area contributed by atoms with Crippen molar-refractivity contribution in [3.63, 3.8) is 0 Å². The quantitative estimate of drug-likeness (QED) is 0.839. The molecule has 21 heavy (non-hydrogen) atoms. The Labute approximate surface area is 127 Å². The van der Waals surface area contributed by atoms with Crippen molar-refractivity contribution in [1.82, 2.24) is 5.32 Å². The van der Waals surface area contributed by atoms with Crippen molar-refractivity contribution in [2.45, 2.75) is 37.4 Å². The normalized spacial score (nSPS) is 22.0. The van der Waals surface area contributed by atoms with E-state index in [0.29, 0.717) is 5.69 Å². The van der Waals surface area contributed by atoms with Crippen LogP contribution >= 0.6 is 11.6 Å². The van der Waals surface area contributed by atoms with Crippen LogP contribution in [0.5, 0.6) is 0 Å². The summed E-state index contributed by atoms with van der Waals surface area (Å²) in [6, 6.07) is 3.64. The molecule has 1 saturated carbocycles. The van der Waals surface area contributed by atoms with E-state index in [-0.39, 0.29) is 10.6 Å². The topological polar surface area (TPSA) is 15.3 Å². The minimum absolute atomic E-state index is 0.115. The average molecular weight is 319 g/mol. The first kappa shape index (κ1) is 15.0. The number of piperazine rings is 1. The van der Waals surface area contributed by atoms with E-state index in [4.69, 9.17) is 11.6 Å². The highest BCUT2D eigenvalue weighted by molar-refractivity contribution is 6.33. The lowest BCUT2D eigenvalue weighted by molar-refractivity contribution is -0.137. The molecule has 116 valence electrons. The number of alkyl halides is 3. The number of benzene rings is 1. The van der Waals surface area contributed by atoms with Gasteiger partial charge in [-0.2, -0.15) is 13.2 Å². The Balaban J connectivity index is 1.83. The molecule has 0 amide bonds. The van der Waals surface area contributed by atoms with Crippen molar-refractivity contribution >= 4 is 17.3 Å². The summed E-state index contributed by atoms with van der Waals surface area (Å²) in [5.41, 5.74) is 0.129. The van der Waals surface area contributed by atoms with Gasteiger partial charge in [-0.3, -0.25) is 0 Å². The first-order valence-electron chi connectivity index (χ1n) is 7.26. The minimum Gasteiger partial charge on any atom is -0.367 e. The van der Waals surface area contributed by atoms with E-state index in [1.54, 1.807) is 0 Å². The molecule has 1 heterocycles. The largest absolute Gasteiger partial charge is 0.416 e. The van der Waals surface area contributed by atoms with Gasteiger partial charge in [0, 0.05) is 25.2 Å². The Morgan fingerprint density at radius 2 is 1.90 bits per heavy atom. The molecule has 0 radical (unpaired) electrons. The lowest BCUT2D eigenvalue weighted by atomic mass is 9.94. The molecule has 1 aliphatic carbocycles. The average Bonchev–Trinajstić information content (AvgIpc) is 2.85. The lowest BCUT2D eigenvalue weighted by Crippen LogP contribution is -2.59. The third-order valence-electron chi connectivity index (χ3n) is 4.55. The zero-order valence-corrected chi connectivity index (χ0v) is 12.4. The first-order valence-corrected chi connectivity index (χ1v) is 7.64. The summed E-state index contributed by atoms with van der Waals surface area (Å²) in [4.78, 5) is 2.12. The minimum atomic E-state index is -4.35. The van der Waals surface area contributed by atoms with Gasteiger partial charge in [0.15, 0.2) is 0 Å². The molecule has 1 spiro atoms. The van der Waals surface area contributed by atoms with Crippen molar-refractivity contribution in [2.75, 3.05) is 24.5 Å². The zero-order chi connectivity index (χ0) is 15.1. The first-order chi connectivity index (χ1) is 9.90. The van der Waals surface area contributed by atoms with Crippen LogP contribution in [0.2, 0.25) is 5.02 Å². The molecular formula is C15H18ClF3N2. The van der Waals surface area contributed by atoms with Gasteiger partial charge in [0.25, 0.3) is 0 Å². The molecule has 1 saturated heterocycles. The maximum atomic E-state index is 12.7. The fraction of sp³-hybridized carbons (Fsp3) is 0.600. The smallest absolute Gasteiger partial charge is 0.367 e. The van der Waals surface area contributed by atoms with Gasteiger partial charge in [-0.1, -0.05) is 24.4 Å². The second kappa shape index (κ2) is 5.36. The molecule has 2 nitrogen and oxygen atoms in total. The molecule has 1 aromatic carbocycles. The summed E-state index contributed by atoms with van der Waals surface area (Å²) < 4.78 is 38.1. The SMILES string of the molecule is FC(F)(F)c1ccc(N2CCNC3(CCCC3)C2)c(Cl)c1. The van der Waals surface area contributed by atoms with E-state index in [9.17, 15) is 13.2 Å². The van der Waals surface area contributed by atoms with Crippen molar-refractivity contribution in [2.24, 2.45) is 0 Å². The van der Waals surface area contributed by atoms with E-state index < -0.39 is 11.7 Å². The summed E-state index contributed by atoms with van der Waals surface area (Å²) in [5, 5.41) is 3.76. The number of rotatable bonds is 1. The highest BCUT2D eigenvalue weighted by Gasteiger charge is 2.38. The van der Waals surface area contributed by atoms with Gasteiger partial charge in [-0.25, -0.2) is 0 Å². The summed E-state index contributed by atoms with van der Waals surface area (Å²) in [6.45, 7) is 2.43. The Bertz CT molecular complexity index is 524. The molecule has 0 aromatic heterocycles. The van der Waals surface area contributed by atoms with Gasteiger partial charge in [0.2, 0.25) is 0 Å². The van der Waals surface area contributed by atoms with Gasteiger partial charge < -0.3 is 10.2 Å². The van der Waals surface area contributed by atoms with Crippen LogP contribution in [-0.4, -0.2) is 25.2 Å². The molecule has 1 N–H and O–H groups in total. The predicted octanol–water partition coefficient (Wildman–Crippen LogP) is 4.08. The van der Waals surface area contributed by atoms with Gasteiger partial charge in [0.1, 0.15) is 0 Å². The van der Waals surface area contributed by atoms with Gasteiger partial charge in [-0.05, 0) is 31.0 Å². The van der Waals surface area contributed by atoms with Crippen LogP contribution in [0.15, 0.2) is 18.2 Å². The molecule has 2 fully saturated rings. The Morgan fingerprint density at radius 1 is 1.19 bits per heavy atom. The van der Waals surface area contributed by atoms with Gasteiger partial charge in [0.05, 0.1) is 16.3 Å². The zero-order valence-electron chi connectivity index (χ0n) is 11.6. The van der Waals surface area contributed by atoms with Crippen LogP contribution in [0, 0.1) is 0 Å². The fourth-order valence-corrected chi connectivity index (χ4v) is 3.79. The van der Waals surface area contributed by atoms with Crippen LogP contribution in [-0.2, 0) is 6.18 Å². The summed E-state index contributed by atoms with van der Waals surface area (Å²) in [7, 11) is 0. The second-order valence-corrected chi connectivity index (χ2v) is 6.41. The van der Waals surface area contributed by atoms with Crippen LogP contribution in [0.4, 0.5) is 18.9 Å². The summed E-state index contributed by atoms with van der Waals surface area (Å²) >= 11 is 6.10. The molecule has 0 bridgehead atoms. The van der Waals surface area contributed by atoms with Crippen molar-refractivity contribution < 1.29 is 13.2 Å². The molecule has 6 heteroatoms. The maximum absolute atomic E-state index is 12.7. The number of hydrogen-bond acceptors (Lipinski definition) is 2. The highest BCUT2D eigenvalue weighted by Crippen LogP contribution is 2.38. The number of nitrogens with zero attached hydrogens (tertiary/aromatic N) is 1. The van der Waals surface area contributed by atoms with Gasteiger partial charge in [-0.15, -0.1) is 0 Å².